The second-order valence-corrected chi connectivity index (χ2v) is 4.78. The lowest BCUT2D eigenvalue weighted by Crippen LogP contribution is -2.38. The molecule has 0 bridgehead atoms. The van der Waals surface area contributed by atoms with Gasteiger partial charge in [-0.25, -0.2) is 0 Å². The zero-order chi connectivity index (χ0) is 13.1. The Morgan fingerprint density at radius 2 is 2.06 bits per heavy atom. The molecule has 98 valence electrons. The fraction of sp³-hybridized carbons (Fsp3) is 0.500. The summed E-state index contributed by atoms with van der Waals surface area (Å²) >= 11 is 0. The highest BCUT2D eigenvalue weighted by molar-refractivity contribution is 5.81. The third kappa shape index (κ3) is 2.58. The SMILES string of the molecule is Cc1cccc(OC(C)C(=O)N2CCCC2)c1N. The van der Waals surface area contributed by atoms with Crippen LogP contribution in [0.15, 0.2) is 18.2 Å². The van der Waals surface area contributed by atoms with Gasteiger partial charge >= 0.3 is 0 Å². The predicted octanol–water partition coefficient (Wildman–Crippen LogP) is 1.97. The molecule has 4 nitrogen and oxygen atoms in total. The molecule has 0 aliphatic carbocycles. The molecular formula is C14H20N2O2. The smallest absolute Gasteiger partial charge is 0.263 e. The number of nitrogens with zero attached hydrogens (tertiary/aromatic N) is 1. The number of carbonyl (C=O) groups is 1. The van der Waals surface area contributed by atoms with Gasteiger partial charge in [-0.15, -0.1) is 0 Å². The first kappa shape index (κ1) is 12.7. The summed E-state index contributed by atoms with van der Waals surface area (Å²) in [6.07, 6.45) is 1.70. The number of hydrogen-bond donors (Lipinski definition) is 1. The standard InChI is InChI=1S/C14H20N2O2/c1-10-6-5-7-12(13(10)15)18-11(2)14(17)16-8-3-4-9-16/h5-7,11H,3-4,8-9,15H2,1-2H3. The Morgan fingerprint density at radius 1 is 1.39 bits per heavy atom. The third-order valence-electron chi connectivity index (χ3n) is 3.35. The Morgan fingerprint density at radius 3 is 2.72 bits per heavy atom. The van der Waals surface area contributed by atoms with Gasteiger partial charge in [-0.1, -0.05) is 12.1 Å². The Bertz CT molecular complexity index is 439. The highest BCUT2D eigenvalue weighted by Gasteiger charge is 2.24. The van der Waals surface area contributed by atoms with Crippen molar-refractivity contribution in [2.45, 2.75) is 32.8 Å². The molecule has 0 saturated carbocycles. The maximum absolute atomic E-state index is 12.1. The Kier molecular flexibility index (Phi) is 3.75. The first-order valence-electron chi connectivity index (χ1n) is 6.40. The quantitative estimate of drug-likeness (QED) is 0.832. The van der Waals surface area contributed by atoms with E-state index in [0.717, 1.165) is 31.5 Å². The molecular weight excluding hydrogens is 228 g/mol. The molecule has 0 aromatic heterocycles. The summed E-state index contributed by atoms with van der Waals surface area (Å²) in [5.41, 5.74) is 7.51. The summed E-state index contributed by atoms with van der Waals surface area (Å²) in [6.45, 7) is 5.39. The zero-order valence-electron chi connectivity index (χ0n) is 11.0. The van der Waals surface area contributed by atoms with Gasteiger partial charge in [0.15, 0.2) is 6.10 Å². The van der Waals surface area contributed by atoms with Gasteiger partial charge in [-0.3, -0.25) is 4.79 Å². The van der Waals surface area contributed by atoms with E-state index in [0.29, 0.717) is 11.4 Å². The Balaban J connectivity index is 2.04. The summed E-state index contributed by atoms with van der Waals surface area (Å²) in [5, 5.41) is 0. The fourth-order valence-corrected chi connectivity index (χ4v) is 2.19. The van der Waals surface area contributed by atoms with E-state index < -0.39 is 6.10 Å². The Hall–Kier alpha value is -1.71. The fourth-order valence-electron chi connectivity index (χ4n) is 2.19. The normalized spacial score (nSPS) is 16.7. The van der Waals surface area contributed by atoms with Crippen LogP contribution < -0.4 is 10.5 Å². The number of anilines is 1. The summed E-state index contributed by atoms with van der Waals surface area (Å²) < 4.78 is 5.68. The minimum absolute atomic E-state index is 0.0495. The molecule has 1 atom stereocenters. The molecule has 0 spiro atoms. The van der Waals surface area contributed by atoms with Crippen LogP contribution in [0.5, 0.6) is 5.75 Å². The zero-order valence-corrected chi connectivity index (χ0v) is 11.0. The van der Waals surface area contributed by atoms with Crippen LogP contribution in [-0.4, -0.2) is 30.0 Å². The lowest BCUT2D eigenvalue weighted by atomic mass is 10.2. The number of likely N-dealkylation sites (tertiary alicyclic amines) is 1. The van der Waals surface area contributed by atoms with Crippen molar-refractivity contribution in [1.29, 1.82) is 0 Å². The van der Waals surface area contributed by atoms with E-state index in [-0.39, 0.29) is 5.91 Å². The van der Waals surface area contributed by atoms with Crippen LogP contribution in [0.25, 0.3) is 0 Å². The molecule has 1 aliphatic rings. The minimum Gasteiger partial charge on any atom is -0.479 e. The van der Waals surface area contributed by atoms with Gasteiger partial charge in [-0.2, -0.15) is 0 Å². The van der Waals surface area contributed by atoms with Gasteiger partial charge in [0.25, 0.3) is 5.91 Å². The van der Waals surface area contributed by atoms with Crippen LogP contribution in [-0.2, 0) is 4.79 Å². The van der Waals surface area contributed by atoms with E-state index in [1.807, 2.05) is 24.0 Å². The van der Waals surface area contributed by atoms with Crippen LogP contribution in [0.2, 0.25) is 0 Å². The van der Waals surface area contributed by atoms with E-state index in [4.69, 9.17) is 10.5 Å². The first-order chi connectivity index (χ1) is 8.59. The van der Waals surface area contributed by atoms with Crippen molar-refractivity contribution < 1.29 is 9.53 Å². The average molecular weight is 248 g/mol. The monoisotopic (exact) mass is 248 g/mol. The van der Waals surface area contributed by atoms with E-state index in [1.54, 1.807) is 13.0 Å². The molecule has 1 aromatic rings. The Labute approximate surface area is 108 Å². The minimum atomic E-state index is -0.479. The van der Waals surface area contributed by atoms with Crippen molar-refractivity contribution in [3.63, 3.8) is 0 Å². The van der Waals surface area contributed by atoms with Gasteiger partial charge in [0.05, 0.1) is 5.69 Å². The van der Waals surface area contributed by atoms with E-state index >= 15 is 0 Å². The number of nitrogen functional groups attached to an aromatic ring is 1. The molecule has 1 unspecified atom stereocenters. The second-order valence-electron chi connectivity index (χ2n) is 4.78. The highest BCUT2D eigenvalue weighted by atomic mass is 16.5. The van der Waals surface area contributed by atoms with Crippen LogP contribution >= 0.6 is 0 Å². The van der Waals surface area contributed by atoms with E-state index in [1.165, 1.54) is 0 Å². The van der Waals surface area contributed by atoms with Gasteiger partial charge in [-0.05, 0) is 38.3 Å². The van der Waals surface area contributed by atoms with Gasteiger partial charge in [0.2, 0.25) is 0 Å². The number of hydrogen-bond acceptors (Lipinski definition) is 3. The van der Waals surface area contributed by atoms with Crippen LogP contribution in [0.4, 0.5) is 5.69 Å². The van der Waals surface area contributed by atoms with Crippen LogP contribution in [0.1, 0.15) is 25.3 Å². The number of carbonyl (C=O) groups excluding carboxylic acids is 1. The molecule has 1 saturated heterocycles. The van der Waals surface area contributed by atoms with Crippen molar-refractivity contribution >= 4 is 11.6 Å². The maximum Gasteiger partial charge on any atom is 0.263 e. The summed E-state index contributed by atoms with van der Waals surface area (Å²) in [7, 11) is 0. The molecule has 0 radical (unpaired) electrons. The van der Waals surface area contributed by atoms with Crippen molar-refractivity contribution in [2.24, 2.45) is 0 Å². The molecule has 1 aromatic carbocycles. The first-order valence-corrected chi connectivity index (χ1v) is 6.40. The van der Waals surface area contributed by atoms with Crippen molar-refractivity contribution in [2.75, 3.05) is 18.8 Å². The van der Waals surface area contributed by atoms with Gasteiger partial charge in [0, 0.05) is 13.1 Å². The van der Waals surface area contributed by atoms with E-state index in [2.05, 4.69) is 0 Å². The van der Waals surface area contributed by atoms with Crippen LogP contribution in [0.3, 0.4) is 0 Å². The molecule has 1 aliphatic heterocycles. The molecule has 2 rings (SSSR count). The number of nitrogens with two attached hydrogens (primary N) is 1. The number of aryl methyl sites for hydroxylation is 1. The summed E-state index contributed by atoms with van der Waals surface area (Å²) in [4.78, 5) is 14.0. The van der Waals surface area contributed by atoms with Crippen molar-refractivity contribution in [3.8, 4) is 5.75 Å². The number of ether oxygens (including phenoxy) is 1. The molecule has 1 amide bonds. The lowest BCUT2D eigenvalue weighted by molar-refractivity contribution is -0.136. The van der Waals surface area contributed by atoms with Crippen molar-refractivity contribution in [1.82, 2.24) is 4.90 Å². The average Bonchev–Trinajstić information content (AvgIpc) is 2.87. The molecule has 1 heterocycles. The second kappa shape index (κ2) is 5.29. The third-order valence-corrected chi connectivity index (χ3v) is 3.35. The largest absolute Gasteiger partial charge is 0.479 e. The van der Waals surface area contributed by atoms with Gasteiger partial charge < -0.3 is 15.4 Å². The summed E-state index contributed by atoms with van der Waals surface area (Å²) in [5.74, 6) is 0.642. The van der Waals surface area contributed by atoms with E-state index in [9.17, 15) is 4.79 Å². The van der Waals surface area contributed by atoms with Gasteiger partial charge in [0.1, 0.15) is 5.75 Å². The van der Waals surface area contributed by atoms with Crippen LogP contribution in [0, 0.1) is 6.92 Å². The molecule has 4 heteroatoms. The summed E-state index contributed by atoms with van der Waals surface area (Å²) in [6, 6.07) is 5.61. The number of para-hydroxylation sites is 1. The molecule has 18 heavy (non-hydrogen) atoms. The number of amides is 1. The van der Waals surface area contributed by atoms with Crippen molar-refractivity contribution in [3.05, 3.63) is 23.8 Å². The number of rotatable bonds is 3. The highest BCUT2D eigenvalue weighted by Crippen LogP contribution is 2.25. The molecule has 1 fully saturated rings. The predicted molar refractivity (Wildman–Crippen MR) is 71.5 cm³/mol. The lowest BCUT2D eigenvalue weighted by Gasteiger charge is -2.22. The molecule has 2 N–H and O–H groups in total. The number of benzene rings is 1. The maximum atomic E-state index is 12.1. The topological polar surface area (TPSA) is 55.6 Å².